The lowest BCUT2D eigenvalue weighted by Gasteiger charge is -2.32. The predicted molar refractivity (Wildman–Crippen MR) is 120 cm³/mol. The number of carbonyl (C=O) groups excluding carboxylic acids is 3. The number of likely N-dealkylation sites (tertiary alicyclic amines) is 1. The minimum atomic E-state index is -0.518. The highest BCUT2D eigenvalue weighted by Gasteiger charge is 2.23. The molecule has 0 bridgehead atoms. The molecule has 2 amide bonds. The maximum atomic E-state index is 12.5. The topological polar surface area (TPSA) is 84.9 Å². The Hall–Kier alpha value is -3.35. The van der Waals surface area contributed by atoms with Gasteiger partial charge in [0.15, 0.2) is 0 Å². The summed E-state index contributed by atoms with van der Waals surface area (Å²) in [5, 5.41) is 2.64. The molecule has 2 aromatic carbocycles. The maximum Gasteiger partial charge on any atom is 0.407 e. The molecule has 0 radical (unpaired) electrons. The third-order valence-corrected chi connectivity index (χ3v) is 5.70. The lowest BCUT2D eigenvalue weighted by molar-refractivity contribution is -0.139. The van der Waals surface area contributed by atoms with Crippen molar-refractivity contribution < 1.29 is 23.9 Å². The molecule has 0 atom stereocenters. The minimum Gasteiger partial charge on any atom is -0.469 e. The summed E-state index contributed by atoms with van der Waals surface area (Å²) in [5.41, 5.74) is 3.08. The van der Waals surface area contributed by atoms with E-state index in [1.165, 1.54) is 12.7 Å². The number of benzene rings is 2. The van der Waals surface area contributed by atoms with Crippen LogP contribution in [0.1, 0.15) is 41.9 Å². The van der Waals surface area contributed by atoms with E-state index in [1.54, 1.807) is 0 Å². The minimum absolute atomic E-state index is 0.0419. The zero-order valence-electron chi connectivity index (χ0n) is 18.4. The van der Waals surface area contributed by atoms with Gasteiger partial charge in [-0.1, -0.05) is 54.6 Å². The molecule has 1 aliphatic heterocycles. The molecule has 2 aromatic rings. The number of rotatable bonds is 8. The molecule has 3 rings (SSSR count). The fourth-order valence-corrected chi connectivity index (χ4v) is 3.81. The van der Waals surface area contributed by atoms with E-state index >= 15 is 0 Å². The van der Waals surface area contributed by atoms with Gasteiger partial charge in [0, 0.05) is 26.1 Å². The number of amides is 2. The number of esters is 1. The van der Waals surface area contributed by atoms with Crippen LogP contribution in [0, 0.1) is 0 Å². The molecular formula is C25H30N2O5. The van der Waals surface area contributed by atoms with Crippen LogP contribution in [0.5, 0.6) is 0 Å². The maximum absolute atomic E-state index is 12.5. The Morgan fingerprint density at radius 1 is 0.969 bits per heavy atom. The van der Waals surface area contributed by atoms with Gasteiger partial charge in [-0.15, -0.1) is 0 Å². The van der Waals surface area contributed by atoms with Crippen LogP contribution in [0.15, 0.2) is 54.6 Å². The van der Waals surface area contributed by atoms with Crippen molar-refractivity contribution in [2.75, 3.05) is 26.7 Å². The van der Waals surface area contributed by atoms with E-state index in [2.05, 4.69) is 17.4 Å². The predicted octanol–water partition coefficient (Wildman–Crippen LogP) is 3.42. The van der Waals surface area contributed by atoms with Crippen molar-refractivity contribution >= 4 is 18.0 Å². The van der Waals surface area contributed by atoms with Crippen molar-refractivity contribution in [1.82, 2.24) is 10.2 Å². The highest BCUT2D eigenvalue weighted by Crippen LogP contribution is 2.28. The number of hydrogen-bond donors (Lipinski definition) is 1. The second-order valence-electron chi connectivity index (χ2n) is 7.89. The summed E-state index contributed by atoms with van der Waals surface area (Å²) in [6.07, 6.45) is 1.81. The normalized spacial score (nSPS) is 14.0. The molecule has 1 saturated heterocycles. The van der Waals surface area contributed by atoms with Crippen LogP contribution < -0.4 is 5.32 Å². The molecule has 7 heteroatoms. The van der Waals surface area contributed by atoms with Crippen molar-refractivity contribution in [2.45, 2.75) is 38.2 Å². The van der Waals surface area contributed by atoms with Gasteiger partial charge in [-0.3, -0.25) is 9.59 Å². The molecule has 0 aliphatic carbocycles. The van der Waals surface area contributed by atoms with Gasteiger partial charge in [0.25, 0.3) is 0 Å². The van der Waals surface area contributed by atoms with E-state index in [0.29, 0.717) is 19.0 Å². The SMILES string of the molecule is COC(=O)Cc1ccc(C2CCN(C(=O)CCNC(=O)OCc3ccccc3)CC2)cc1. The molecule has 1 N–H and O–H groups in total. The van der Waals surface area contributed by atoms with E-state index in [1.807, 2.05) is 47.4 Å². The smallest absolute Gasteiger partial charge is 0.407 e. The molecular weight excluding hydrogens is 408 g/mol. The Morgan fingerprint density at radius 2 is 1.66 bits per heavy atom. The number of carbonyl (C=O) groups is 3. The van der Waals surface area contributed by atoms with Crippen molar-refractivity contribution in [3.05, 3.63) is 71.3 Å². The summed E-state index contributed by atoms with van der Waals surface area (Å²) >= 11 is 0. The van der Waals surface area contributed by atoms with Crippen molar-refractivity contribution in [1.29, 1.82) is 0 Å². The standard InChI is InChI=1S/C25H30N2O5/c1-31-24(29)17-19-7-9-21(10-8-19)22-12-15-27(16-13-22)23(28)11-14-26-25(30)32-18-20-5-3-2-4-6-20/h2-10,22H,11-18H2,1H3,(H,26,30). The third kappa shape index (κ3) is 7.11. The molecule has 7 nitrogen and oxygen atoms in total. The lowest BCUT2D eigenvalue weighted by Crippen LogP contribution is -2.39. The van der Waals surface area contributed by atoms with Crippen LogP contribution in [-0.2, 0) is 32.1 Å². The highest BCUT2D eigenvalue weighted by atomic mass is 16.5. The molecule has 0 aromatic heterocycles. The van der Waals surface area contributed by atoms with E-state index in [0.717, 1.165) is 24.0 Å². The average Bonchev–Trinajstić information content (AvgIpc) is 2.84. The zero-order valence-corrected chi connectivity index (χ0v) is 18.4. The van der Waals surface area contributed by atoms with Crippen molar-refractivity contribution in [3.63, 3.8) is 0 Å². The van der Waals surface area contributed by atoms with Gasteiger partial charge in [0.2, 0.25) is 5.91 Å². The summed E-state index contributed by atoms with van der Waals surface area (Å²) in [5.74, 6) is 0.195. The molecule has 0 saturated carbocycles. The van der Waals surface area contributed by atoms with Crippen LogP contribution in [0.2, 0.25) is 0 Å². The van der Waals surface area contributed by atoms with E-state index in [9.17, 15) is 14.4 Å². The molecule has 1 aliphatic rings. The summed E-state index contributed by atoms with van der Waals surface area (Å²) in [6, 6.07) is 17.5. The van der Waals surface area contributed by atoms with E-state index in [-0.39, 0.29) is 37.9 Å². The summed E-state index contributed by atoms with van der Waals surface area (Å²) in [6.45, 7) is 1.86. The molecule has 0 unspecified atom stereocenters. The van der Waals surface area contributed by atoms with E-state index in [4.69, 9.17) is 9.47 Å². The van der Waals surface area contributed by atoms with Gasteiger partial charge in [-0.05, 0) is 35.4 Å². The lowest BCUT2D eigenvalue weighted by atomic mass is 9.88. The Bertz CT molecular complexity index is 890. The number of ether oxygens (including phenoxy) is 2. The van der Waals surface area contributed by atoms with E-state index < -0.39 is 6.09 Å². The van der Waals surface area contributed by atoms with Crippen molar-refractivity contribution in [3.8, 4) is 0 Å². The summed E-state index contributed by atoms with van der Waals surface area (Å²) in [7, 11) is 1.39. The first-order valence-corrected chi connectivity index (χ1v) is 10.9. The fraction of sp³-hybridized carbons (Fsp3) is 0.400. The number of methoxy groups -OCH3 is 1. The third-order valence-electron chi connectivity index (χ3n) is 5.70. The molecule has 1 heterocycles. The molecule has 0 spiro atoms. The quantitative estimate of drug-likeness (QED) is 0.639. The second-order valence-corrected chi connectivity index (χ2v) is 7.89. The van der Waals surface area contributed by atoms with Gasteiger partial charge in [-0.25, -0.2) is 4.79 Å². The molecule has 1 fully saturated rings. The Kier molecular flexibility index (Phi) is 8.66. The second kappa shape index (κ2) is 11.9. The highest BCUT2D eigenvalue weighted by molar-refractivity contribution is 5.77. The first kappa shape index (κ1) is 23.3. The first-order valence-electron chi connectivity index (χ1n) is 10.9. The number of hydrogen-bond acceptors (Lipinski definition) is 5. The molecule has 170 valence electrons. The monoisotopic (exact) mass is 438 g/mol. The van der Waals surface area contributed by atoms with Crippen LogP contribution in [0.3, 0.4) is 0 Å². The number of nitrogens with one attached hydrogen (secondary N) is 1. The van der Waals surface area contributed by atoms with Gasteiger partial charge in [0.05, 0.1) is 13.5 Å². The number of piperidine rings is 1. The zero-order chi connectivity index (χ0) is 22.8. The number of alkyl carbamates (subject to hydrolysis) is 1. The fourth-order valence-electron chi connectivity index (χ4n) is 3.81. The summed E-state index contributed by atoms with van der Waals surface area (Å²) in [4.78, 5) is 37.5. The van der Waals surface area contributed by atoms with Crippen LogP contribution in [-0.4, -0.2) is 49.6 Å². The van der Waals surface area contributed by atoms with Gasteiger partial charge in [-0.2, -0.15) is 0 Å². The van der Waals surface area contributed by atoms with Crippen LogP contribution in [0.25, 0.3) is 0 Å². The van der Waals surface area contributed by atoms with Crippen molar-refractivity contribution in [2.24, 2.45) is 0 Å². The molecule has 32 heavy (non-hydrogen) atoms. The first-order chi connectivity index (χ1) is 15.5. The largest absolute Gasteiger partial charge is 0.469 e. The summed E-state index contributed by atoms with van der Waals surface area (Å²) < 4.78 is 9.85. The Balaban J connectivity index is 1.34. The number of nitrogens with zero attached hydrogens (tertiary/aromatic N) is 1. The van der Waals surface area contributed by atoms with Gasteiger partial charge < -0.3 is 19.7 Å². The average molecular weight is 439 g/mol. The Labute approximate surface area is 188 Å². The Morgan fingerprint density at radius 3 is 2.31 bits per heavy atom. The van der Waals surface area contributed by atoms with Gasteiger partial charge in [0.1, 0.15) is 6.61 Å². The van der Waals surface area contributed by atoms with Crippen LogP contribution >= 0.6 is 0 Å². The van der Waals surface area contributed by atoms with Gasteiger partial charge >= 0.3 is 12.1 Å². The van der Waals surface area contributed by atoms with Crippen LogP contribution in [0.4, 0.5) is 4.79 Å².